The van der Waals surface area contributed by atoms with Crippen LogP contribution < -0.4 is 11.1 Å². The molecule has 19 heavy (non-hydrogen) atoms. The first-order valence-corrected chi connectivity index (χ1v) is 5.69. The first kappa shape index (κ1) is 13.3. The van der Waals surface area contributed by atoms with E-state index < -0.39 is 23.8 Å². The van der Waals surface area contributed by atoms with Crippen LogP contribution in [0.5, 0.6) is 5.75 Å². The molecule has 2 rings (SSSR count). The standard InChI is InChI=1S/C12H14N2O5/c13-9-5-19-4-8(9)11(16)14-10-2-1-6(15)3-7(10)12(17)18/h1-3,8-9,15H,4-5,13H2,(H,14,16)(H,17,18). The van der Waals surface area contributed by atoms with Gasteiger partial charge in [-0.1, -0.05) is 0 Å². The van der Waals surface area contributed by atoms with Crippen LogP contribution in [0.2, 0.25) is 0 Å². The third-order valence-corrected chi connectivity index (χ3v) is 2.95. The summed E-state index contributed by atoms with van der Waals surface area (Å²) < 4.78 is 5.08. The van der Waals surface area contributed by atoms with Gasteiger partial charge in [0.05, 0.1) is 30.4 Å². The van der Waals surface area contributed by atoms with Gasteiger partial charge in [0.15, 0.2) is 0 Å². The fraction of sp³-hybridized carbons (Fsp3) is 0.333. The molecular formula is C12H14N2O5. The molecule has 0 aliphatic carbocycles. The lowest BCUT2D eigenvalue weighted by Crippen LogP contribution is -2.37. The van der Waals surface area contributed by atoms with Gasteiger partial charge in [-0.05, 0) is 18.2 Å². The van der Waals surface area contributed by atoms with Crippen molar-refractivity contribution >= 4 is 17.6 Å². The van der Waals surface area contributed by atoms with Crippen LogP contribution in [-0.4, -0.2) is 41.3 Å². The maximum Gasteiger partial charge on any atom is 0.337 e. The first-order valence-electron chi connectivity index (χ1n) is 5.69. The highest BCUT2D eigenvalue weighted by Crippen LogP contribution is 2.23. The van der Waals surface area contributed by atoms with Gasteiger partial charge in [-0.15, -0.1) is 0 Å². The third kappa shape index (κ3) is 2.83. The van der Waals surface area contributed by atoms with Gasteiger partial charge in [-0.2, -0.15) is 0 Å². The minimum absolute atomic E-state index is 0.120. The molecule has 0 saturated carbocycles. The molecule has 1 aliphatic heterocycles. The predicted octanol–water partition coefficient (Wildman–Crippen LogP) is 0.00260. The van der Waals surface area contributed by atoms with E-state index in [4.69, 9.17) is 15.6 Å². The number of nitrogens with two attached hydrogens (primary N) is 1. The van der Waals surface area contributed by atoms with Gasteiger partial charge in [-0.25, -0.2) is 4.79 Å². The zero-order valence-corrected chi connectivity index (χ0v) is 10.00. The molecule has 1 aromatic carbocycles. The van der Waals surface area contributed by atoms with E-state index in [0.29, 0.717) is 6.61 Å². The molecule has 0 spiro atoms. The van der Waals surface area contributed by atoms with E-state index in [-0.39, 0.29) is 23.6 Å². The highest BCUT2D eigenvalue weighted by molar-refractivity contribution is 6.01. The largest absolute Gasteiger partial charge is 0.508 e. The second-order valence-electron chi connectivity index (χ2n) is 4.33. The predicted molar refractivity (Wildman–Crippen MR) is 66.0 cm³/mol. The van der Waals surface area contributed by atoms with Gasteiger partial charge in [-0.3, -0.25) is 4.79 Å². The van der Waals surface area contributed by atoms with Crippen molar-refractivity contribution in [2.75, 3.05) is 18.5 Å². The van der Waals surface area contributed by atoms with Crippen molar-refractivity contribution in [3.63, 3.8) is 0 Å². The van der Waals surface area contributed by atoms with Crippen LogP contribution in [-0.2, 0) is 9.53 Å². The van der Waals surface area contributed by atoms with E-state index in [1.54, 1.807) is 0 Å². The van der Waals surface area contributed by atoms with Gasteiger partial charge in [0.25, 0.3) is 0 Å². The van der Waals surface area contributed by atoms with E-state index in [2.05, 4.69) is 5.32 Å². The second kappa shape index (κ2) is 5.25. The Balaban J connectivity index is 2.19. The molecule has 1 aliphatic rings. The van der Waals surface area contributed by atoms with E-state index >= 15 is 0 Å². The summed E-state index contributed by atoms with van der Waals surface area (Å²) in [5, 5.41) is 20.8. The Hall–Kier alpha value is -2.12. The summed E-state index contributed by atoms with van der Waals surface area (Å²) in [4.78, 5) is 23.0. The number of nitrogens with one attached hydrogen (secondary N) is 1. The molecule has 1 aromatic rings. The molecule has 102 valence electrons. The van der Waals surface area contributed by atoms with Crippen LogP contribution in [0.4, 0.5) is 5.69 Å². The van der Waals surface area contributed by atoms with Crippen LogP contribution in [0.3, 0.4) is 0 Å². The Kier molecular flexibility index (Phi) is 3.68. The number of phenolic OH excluding ortho intramolecular Hbond substituents is 1. The maximum atomic E-state index is 12.0. The minimum atomic E-state index is -1.24. The van der Waals surface area contributed by atoms with Crippen LogP contribution >= 0.6 is 0 Å². The number of anilines is 1. The SMILES string of the molecule is NC1COCC1C(=O)Nc1ccc(O)cc1C(=O)O. The third-order valence-electron chi connectivity index (χ3n) is 2.95. The molecule has 2 atom stereocenters. The van der Waals surface area contributed by atoms with Crippen molar-refractivity contribution in [3.8, 4) is 5.75 Å². The Labute approximate surface area is 109 Å². The number of aromatic carboxylic acids is 1. The van der Waals surface area contributed by atoms with Crippen molar-refractivity contribution in [3.05, 3.63) is 23.8 Å². The highest BCUT2D eigenvalue weighted by Gasteiger charge is 2.31. The second-order valence-corrected chi connectivity index (χ2v) is 4.33. The van der Waals surface area contributed by atoms with Gasteiger partial charge in [0, 0.05) is 6.04 Å². The fourth-order valence-electron chi connectivity index (χ4n) is 1.88. The first-order chi connectivity index (χ1) is 8.99. The topological polar surface area (TPSA) is 122 Å². The molecule has 1 saturated heterocycles. The maximum absolute atomic E-state index is 12.0. The molecule has 7 nitrogen and oxygen atoms in total. The lowest BCUT2D eigenvalue weighted by atomic mass is 10.0. The lowest BCUT2D eigenvalue weighted by Gasteiger charge is -2.14. The Morgan fingerprint density at radius 3 is 2.68 bits per heavy atom. The van der Waals surface area contributed by atoms with Crippen LogP contribution in [0.1, 0.15) is 10.4 Å². The normalized spacial score (nSPS) is 22.2. The number of carbonyl (C=O) groups excluding carboxylic acids is 1. The van der Waals surface area contributed by atoms with E-state index in [0.717, 1.165) is 6.07 Å². The average molecular weight is 266 g/mol. The zero-order valence-electron chi connectivity index (χ0n) is 10.00. The Morgan fingerprint density at radius 2 is 2.11 bits per heavy atom. The summed E-state index contributed by atoms with van der Waals surface area (Å²) in [6.07, 6.45) is 0. The highest BCUT2D eigenvalue weighted by atomic mass is 16.5. The summed E-state index contributed by atoms with van der Waals surface area (Å²) >= 11 is 0. The molecule has 1 heterocycles. The van der Waals surface area contributed by atoms with Gasteiger partial charge >= 0.3 is 5.97 Å². The van der Waals surface area contributed by atoms with Gasteiger partial charge in [0.2, 0.25) is 5.91 Å². The molecule has 0 aromatic heterocycles. The Bertz CT molecular complexity index is 517. The summed E-state index contributed by atoms with van der Waals surface area (Å²) in [5.74, 6) is -2.32. The summed E-state index contributed by atoms with van der Waals surface area (Å²) in [6, 6.07) is 3.30. The van der Waals surface area contributed by atoms with Gasteiger partial charge < -0.3 is 26.0 Å². The van der Waals surface area contributed by atoms with Crippen molar-refractivity contribution < 1.29 is 24.5 Å². The van der Waals surface area contributed by atoms with E-state index in [1.807, 2.05) is 0 Å². The number of carboxylic acid groups (broad SMARTS) is 1. The number of hydrogen-bond acceptors (Lipinski definition) is 5. The number of hydrogen-bond donors (Lipinski definition) is 4. The Morgan fingerprint density at radius 1 is 1.37 bits per heavy atom. The smallest absolute Gasteiger partial charge is 0.337 e. The summed E-state index contributed by atoms with van der Waals surface area (Å²) in [7, 11) is 0. The number of aromatic hydroxyl groups is 1. The van der Waals surface area contributed by atoms with Crippen molar-refractivity contribution in [2.45, 2.75) is 6.04 Å². The van der Waals surface area contributed by atoms with Crippen LogP contribution in [0.15, 0.2) is 18.2 Å². The molecule has 5 N–H and O–H groups in total. The van der Waals surface area contributed by atoms with E-state index in [1.165, 1.54) is 12.1 Å². The molecule has 1 amide bonds. The quantitative estimate of drug-likeness (QED) is 0.571. The van der Waals surface area contributed by atoms with Crippen LogP contribution in [0.25, 0.3) is 0 Å². The molecule has 2 unspecified atom stereocenters. The molecule has 0 radical (unpaired) electrons. The number of ether oxygens (including phenoxy) is 1. The molecule has 7 heteroatoms. The van der Waals surface area contributed by atoms with E-state index in [9.17, 15) is 14.7 Å². The number of rotatable bonds is 3. The number of benzene rings is 1. The fourth-order valence-corrected chi connectivity index (χ4v) is 1.88. The summed E-state index contributed by atoms with van der Waals surface area (Å²) in [6.45, 7) is 0.521. The monoisotopic (exact) mass is 266 g/mol. The number of carboxylic acids is 1. The number of phenols is 1. The minimum Gasteiger partial charge on any atom is -0.508 e. The van der Waals surface area contributed by atoms with Gasteiger partial charge in [0.1, 0.15) is 5.75 Å². The molecule has 0 bridgehead atoms. The van der Waals surface area contributed by atoms with Crippen molar-refractivity contribution in [1.82, 2.24) is 0 Å². The summed E-state index contributed by atoms with van der Waals surface area (Å²) in [5.41, 5.74) is 5.65. The number of amides is 1. The van der Waals surface area contributed by atoms with Crippen molar-refractivity contribution in [2.24, 2.45) is 11.7 Å². The lowest BCUT2D eigenvalue weighted by molar-refractivity contribution is -0.120. The average Bonchev–Trinajstić information content (AvgIpc) is 2.77. The molecule has 1 fully saturated rings. The number of carbonyl (C=O) groups is 2. The molecular weight excluding hydrogens is 252 g/mol. The van der Waals surface area contributed by atoms with Crippen molar-refractivity contribution in [1.29, 1.82) is 0 Å². The van der Waals surface area contributed by atoms with Crippen LogP contribution in [0, 0.1) is 5.92 Å². The zero-order chi connectivity index (χ0) is 14.0.